The van der Waals surface area contributed by atoms with Crippen LogP contribution in [0.1, 0.15) is 19.4 Å². The molecule has 1 saturated heterocycles. The van der Waals surface area contributed by atoms with E-state index in [0.29, 0.717) is 19.0 Å². The van der Waals surface area contributed by atoms with Crippen molar-refractivity contribution >= 4 is 34.2 Å². The Bertz CT molecular complexity index is 751. The van der Waals surface area contributed by atoms with E-state index in [-0.39, 0.29) is 5.91 Å². The zero-order valence-electron chi connectivity index (χ0n) is 14.6. The summed E-state index contributed by atoms with van der Waals surface area (Å²) in [5.74, 6) is 1.48. The highest BCUT2D eigenvalue weighted by Crippen LogP contribution is 2.25. The van der Waals surface area contributed by atoms with Crippen molar-refractivity contribution in [2.75, 3.05) is 37.0 Å². The third-order valence-corrected chi connectivity index (χ3v) is 5.38. The number of rotatable bonds is 3. The maximum absolute atomic E-state index is 12.5. The molecule has 0 saturated carbocycles. The number of alkyl halides is 1. The van der Waals surface area contributed by atoms with Crippen molar-refractivity contribution in [3.8, 4) is 0 Å². The van der Waals surface area contributed by atoms with Gasteiger partial charge in [0, 0.05) is 37.4 Å². The second kappa shape index (κ2) is 6.60. The normalized spacial score (nSPS) is 15.8. The van der Waals surface area contributed by atoms with Crippen LogP contribution in [0.4, 0.5) is 5.82 Å². The van der Waals surface area contributed by atoms with E-state index in [1.165, 1.54) is 10.9 Å². The zero-order chi connectivity index (χ0) is 17.3. The summed E-state index contributed by atoms with van der Waals surface area (Å²) in [7, 11) is 0. The van der Waals surface area contributed by atoms with Crippen molar-refractivity contribution in [2.45, 2.75) is 20.8 Å². The second-order valence-corrected chi connectivity index (χ2v) is 7.38. The second-order valence-electron chi connectivity index (χ2n) is 7.11. The summed E-state index contributed by atoms with van der Waals surface area (Å²) in [6, 6.07) is 10.4. The Morgan fingerprint density at radius 3 is 2.54 bits per heavy atom. The molecule has 1 aromatic heterocycles. The van der Waals surface area contributed by atoms with E-state index < -0.39 is 5.41 Å². The number of benzene rings is 1. The Labute approximate surface area is 148 Å². The molecule has 4 nitrogen and oxygen atoms in total. The van der Waals surface area contributed by atoms with Crippen molar-refractivity contribution in [1.82, 2.24) is 9.88 Å². The molecule has 1 aliphatic heterocycles. The third-order valence-electron chi connectivity index (χ3n) is 4.71. The molecule has 0 unspecified atom stereocenters. The summed E-state index contributed by atoms with van der Waals surface area (Å²) in [4.78, 5) is 21.5. The summed E-state index contributed by atoms with van der Waals surface area (Å²) >= 11 is 5.94. The average molecular weight is 346 g/mol. The number of hydrogen-bond donors (Lipinski definition) is 0. The minimum atomic E-state index is -0.498. The molecule has 0 atom stereocenters. The molecule has 1 fully saturated rings. The molecule has 128 valence electrons. The van der Waals surface area contributed by atoms with Gasteiger partial charge in [-0.15, -0.1) is 11.6 Å². The molecule has 0 spiro atoms. The number of aryl methyl sites for hydroxylation is 1. The van der Waals surface area contributed by atoms with Gasteiger partial charge in [-0.1, -0.05) is 18.2 Å². The van der Waals surface area contributed by atoms with E-state index in [0.717, 1.165) is 24.4 Å². The van der Waals surface area contributed by atoms with Crippen molar-refractivity contribution < 1.29 is 4.79 Å². The fraction of sp³-hybridized carbons (Fsp3) is 0.474. The van der Waals surface area contributed by atoms with Crippen molar-refractivity contribution in [2.24, 2.45) is 5.41 Å². The van der Waals surface area contributed by atoms with Gasteiger partial charge in [0.25, 0.3) is 0 Å². The minimum absolute atomic E-state index is 0.139. The number of fused-ring (bicyclic) bond motifs is 1. The topological polar surface area (TPSA) is 36.4 Å². The fourth-order valence-corrected chi connectivity index (χ4v) is 3.23. The minimum Gasteiger partial charge on any atom is -0.353 e. The van der Waals surface area contributed by atoms with Gasteiger partial charge >= 0.3 is 0 Å². The molecule has 24 heavy (non-hydrogen) atoms. The quantitative estimate of drug-likeness (QED) is 0.799. The molecule has 1 amide bonds. The van der Waals surface area contributed by atoms with Crippen LogP contribution in [0.25, 0.3) is 10.9 Å². The lowest BCUT2D eigenvalue weighted by molar-refractivity contribution is -0.139. The lowest BCUT2D eigenvalue weighted by Gasteiger charge is -2.38. The van der Waals surface area contributed by atoms with Gasteiger partial charge in [-0.2, -0.15) is 0 Å². The van der Waals surface area contributed by atoms with E-state index in [2.05, 4.69) is 30.0 Å². The van der Waals surface area contributed by atoms with E-state index in [4.69, 9.17) is 16.6 Å². The summed E-state index contributed by atoms with van der Waals surface area (Å²) in [6.07, 6.45) is 0. The number of hydrogen-bond acceptors (Lipinski definition) is 3. The number of nitrogens with zero attached hydrogens (tertiary/aromatic N) is 3. The van der Waals surface area contributed by atoms with E-state index >= 15 is 0 Å². The summed E-state index contributed by atoms with van der Waals surface area (Å²) in [5, 5.41) is 1.19. The molecule has 0 radical (unpaired) electrons. The smallest absolute Gasteiger partial charge is 0.229 e. The number of halogens is 1. The molecule has 5 heteroatoms. The molecular formula is C19H24ClN3O. The molecule has 1 aromatic carbocycles. The predicted molar refractivity (Wildman–Crippen MR) is 99.8 cm³/mol. The first-order chi connectivity index (χ1) is 11.4. The van der Waals surface area contributed by atoms with Gasteiger partial charge < -0.3 is 9.80 Å². The number of piperazine rings is 1. The number of aromatic nitrogens is 1. The first-order valence-corrected chi connectivity index (χ1v) is 8.92. The Morgan fingerprint density at radius 1 is 1.21 bits per heavy atom. The number of carbonyl (C=O) groups is 1. The number of carbonyl (C=O) groups excluding carboxylic acids is 1. The predicted octanol–water partition coefficient (Wildman–Crippen LogP) is 3.46. The average Bonchev–Trinajstić information content (AvgIpc) is 2.61. The maximum Gasteiger partial charge on any atom is 0.229 e. The maximum atomic E-state index is 12.5. The van der Waals surface area contributed by atoms with Crippen LogP contribution < -0.4 is 4.90 Å². The molecular weight excluding hydrogens is 322 g/mol. The van der Waals surface area contributed by atoms with E-state index in [1.54, 1.807) is 0 Å². The highest BCUT2D eigenvalue weighted by molar-refractivity contribution is 6.19. The zero-order valence-corrected chi connectivity index (χ0v) is 15.3. The van der Waals surface area contributed by atoms with Gasteiger partial charge in [0.05, 0.1) is 10.9 Å². The molecule has 0 bridgehead atoms. The van der Waals surface area contributed by atoms with Crippen LogP contribution in [0.5, 0.6) is 0 Å². The van der Waals surface area contributed by atoms with Crippen LogP contribution in [-0.2, 0) is 4.79 Å². The van der Waals surface area contributed by atoms with Crippen LogP contribution in [0, 0.1) is 12.3 Å². The SMILES string of the molecule is Cc1cc(N2CCN(C(=O)C(C)(C)CCl)CC2)nc2ccccc12. The number of para-hydroxylation sites is 1. The van der Waals surface area contributed by atoms with Crippen LogP contribution in [0.15, 0.2) is 30.3 Å². The van der Waals surface area contributed by atoms with Gasteiger partial charge in [0.1, 0.15) is 5.82 Å². The van der Waals surface area contributed by atoms with Crippen LogP contribution in [-0.4, -0.2) is 47.9 Å². The van der Waals surface area contributed by atoms with Crippen LogP contribution in [0.2, 0.25) is 0 Å². The molecule has 0 N–H and O–H groups in total. The third kappa shape index (κ3) is 3.20. The highest BCUT2D eigenvalue weighted by Gasteiger charge is 2.33. The van der Waals surface area contributed by atoms with Gasteiger partial charge in [-0.25, -0.2) is 4.98 Å². The van der Waals surface area contributed by atoms with Gasteiger partial charge in [0.15, 0.2) is 0 Å². The van der Waals surface area contributed by atoms with E-state index in [9.17, 15) is 4.79 Å². The number of pyridine rings is 1. The fourth-order valence-electron chi connectivity index (χ4n) is 3.12. The Balaban J connectivity index is 1.74. The first kappa shape index (κ1) is 17.0. The first-order valence-electron chi connectivity index (χ1n) is 8.39. The number of anilines is 1. The highest BCUT2D eigenvalue weighted by atomic mass is 35.5. The molecule has 2 heterocycles. The van der Waals surface area contributed by atoms with Crippen molar-refractivity contribution in [3.05, 3.63) is 35.9 Å². The molecule has 0 aliphatic carbocycles. The number of amides is 1. The Kier molecular flexibility index (Phi) is 4.68. The van der Waals surface area contributed by atoms with Gasteiger partial charge in [0.2, 0.25) is 5.91 Å². The largest absolute Gasteiger partial charge is 0.353 e. The van der Waals surface area contributed by atoms with Gasteiger partial charge in [-0.05, 0) is 38.5 Å². The Morgan fingerprint density at radius 2 is 1.88 bits per heavy atom. The standard InChI is InChI=1S/C19H24ClN3O/c1-14-12-17(21-16-7-5-4-6-15(14)16)22-8-10-23(11-9-22)18(24)19(2,3)13-20/h4-7,12H,8-11,13H2,1-3H3. The molecule has 1 aliphatic rings. The lowest BCUT2D eigenvalue weighted by atomic mass is 9.94. The van der Waals surface area contributed by atoms with Crippen LogP contribution >= 0.6 is 11.6 Å². The van der Waals surface area contributed by atoms with Crippen molar-refractivity contribution in [3.63, 3.8) is 0 Å². The lowest BCUT2D eigenvalue weighted by Crippen LogP contribution is -2.52. The summed E-state index contributed by atoms with van der Waals surface area (Å²) < 4.78 is 0. The van der Waals surface area contributed by atoms with E-state index in [1.807, 2.05) is 30.9 Å². The summed E-state index contributed by atoms with van der Waals surface area (Å²) in [6.45, 7) is 8.96. The molecule has 3 rings (SSSR count). The summed E-state index contributed by atoms with van der Waals surface area (Å²) in [5.41, 5.74) is 1.76. The molecule has 2 aromatic rings. The Hall–Kier alpha value is -1.81. The van der Waals surface area contributed by atoms with Gasteiger partial charge in [-0.3, -0.25) is 4.79 Å². The van der Waals surface area contributed by atoms with Crippen molar-refractivity contribution in [1.29, 1.82) is 0 Å². The van der Waals surface area contributed by atoms with Crippen LogP contribution in [0.3, 0.4) is 0 Å². The monoisotopic (exact) mass is 345 g/mol.